The van der Waals surface area contributed by atoms with Crippen LogP contribution in [0.4, 0.5) is 5.82 Å². The van der Waals surface area contributed by atoms with E-state index in [1.165, 1.54) is 0 Å². The molecule has 0 bridgehead atoms. The van der Waals surface area contributed by atoms with Crippen molar-refractivity contribution in [2.24, 2.45) is 0 Å². The van der Waals surface area contributed by atoms with Crippen molar-refractivity contribution >= 4 is 11.7 Å². The zero-order chi connectivity index (χ0) is 16.8. The van der Waals surface area contributed by atoms with Gasteiger partial charge in [0.05, 0.1) is 12.6 Å². The Kier molecular flexibility index (Phi) is 5.76. The molecule has 1 aromatic carbocycles. The van der Waals surface area contributed by atoms with Gasteiger partial charge in [0, 0.05) is 12.6 Å². The fourth-order valence-corrected chi connectivity index (χ4v) is 2.14. The maximum absolute atomic E-state index is 12.2. The molecule has 1 atom stereocenters. The lowest BCUT2D eigenvalue weighted by molar-refractivity contribution is -0.120. The summed E-state index contributed by atoms with van der Waals surface area (Å²) in [6.07, 6.45) is 0. The van der Waals surface area contributed by atoms with Gasteiger partial charge in [-0.2, -0.15) is 0 Å². The summed E-state index contributed by atoms with van der Waals surface area (Å²) in [5, 5.41) is 6.52. The van der Waals surface area contributed by atoms with Crippen molar-refractivity contribution in [3.63, 3.8) is 0 Å². The highest BCUT2D eigenvalue weighted by molar-refractivity contribution is 5.93. The average molecular weight is 317 g/mol. The van der Waals surface area contributed by atoms with Gasteiger partial charge >= 0.3 is 0 Å². The first-order valence-electron chi connectivity index (χ1n) is 7.65. The summed E-state index contributed by atoms with van der Waals surface area (Å²) in [6, 6.07) is 9.29. The average Bonchev–Trinajstić information content (AvgIpc) is 2.93. The molecule has 0 spiro atoms. The number of ether oxygens (including phenoxy) is 1. The van der Waals surface area contributed by atoms with Crippen molar-refractivity contribution in [1.29, 1.82) is 0 Å². The molecule has 0 saturated heterocycles. The molecule has 0 fully saturated rings. The Bertz CT molecular complexity index is 637. The molecular weight excluding hydrogens is 294 g/mol. The zero-order valence-corrected chi connectivity index (χ0v) is 14.0. The second-order valence-electron chi connectivity index (χ2n) is 5.48. The van der Waals surface area contributed by atoms with Crippen molar-refractivity contribution < 1.29 is 14.1 Å². The van der Waals surface area contributed by atoms with E-state index in [2.05, 4.69) is 10.5 Å². The minimum absolute atomic E-state index is 0.119. The van der Waals surface area contributed by atoms with Gasteiger partial charge in [-0.1, -0.05) is 17.3 Å². The molecule has 0 saturated carbocycles. The number of aryl methyl sites for hydroxylation is 1. The summed E-state index contributed by atoms with van der Waals surface area (Å²) >= 11 is 0. The van der Waals surface area contributed by atoms with Crippen molar-refractivity contribution in [3.8, 4) is 5.75 Å². The standard InChI is InChI=1S/C17H23N3O3/c1-5-22-15-8-6-14(7-9-15)11-20(4)13(3)17(21)18-16-10-12(2)23-19-16/h6-10,13H,5,11H2,1-4H3,(H,18,19,21). The van der Waals surface area contributed by atoms with Crippen molar-refractivity contribution in [2.45, 2.75) is 33.4 Å². The van der Waals surface area contributed by atoms with Crippen molar-refractivity contribution in [2.75, 3.05) is 19.0 Å². The number of nitrogens with one attached hydrogen (secondary N) is 1. The van der Waals surface area contributed by atoms with Crippen LogP contribution in [0.2, 0.25) is 0 Å². The summed E-state index contributed by atoms with van der Waals surface area (Å²) < 4.78 is 10.4. The highest BCUT2D eigenvalue weighted by Gasteiger charge is 2.19. The van der Waals surface area contributed by atoms with Crippen LogP contribution < -0.4 is 10.1 Å². The summed E-state index contributed by atoms with van der Waals surface area (Å²) in [5.74, 6) is 1.84. The van der Waals surface area contributed by atoms with Crippen molar-refractivity contribution in [1.82, 2.24) is 10.1 Å². The van der Waals surface area contributed by atoms with Crippen LogP contribution in [-0.2, 0) is 11.3 Å². The second-order valence-corrected chi connectivity index (χ2v) is 5.48. The molecule has 2 aromatic rings. The maximum atomic E-state index is 12.2. The Labute approximate surface area is 136 Å². The molecule has 0 radical (unpaired) electrons. The number of likely N-dealkylation sites (N-methyl/N-ethyl adjacent to an activating group) is 1. The van der Waals surface area contributed by atoms with Gasteiger partial charge in [0.1, 0.15) is 11.5 Å². The van der Waals surface area contributed by atoms with E-state index in [1.54, 1.807) is 13.0 Å². The third kappa shape index (κ3) is 4.82. The SMILES string of the molecule is CCOc1ccc(CN(C)C(C)C(=O)Nc2cc(C)on2)cc1. The van der Waals surface area contributed by atoms with Gasteiger partial charge in [0.15, 0.2) is 5.82 Å². The Morgan fingerprint density at radius 3 is 2.65 bits per heavy atom. The smallest absolute Gasteiger partial charge is 0.242 e. The molecule has 1 aromatic heterocycles. The summed E-state index contributed by atoms with van der Waals surface area (Å²) in [7, 11) is 1.91. The van der Waals surface area contributed by atoms with Crippen LogP contribution in [-0.4, -0.2) is 35.7 Å². The normalized spacial score (nSPS) is 12.2. The predicted molar refractivity (Wildman–Crippen MR) is 88.4 cm³/mol. The topological polar surface area (TPSA) is 67.6 Å². The molecule has 1 heterocycles. The predicted octanol–water partition coefficient (Wildman–Crippen LogP) is 2.84. The molecule has 1 N–H and O–H groups in total. The molecule has 1 amide bonds. The van der Waals surface area contributed by atoms with Crippen molar-refractivity contribution in [3.05, 3.63) is 41.7 Å². The van der Waals surface area contributed by atoms with Crippen LogP contribution in [0.1, 0.15) is 25.2 Å². The number of benzene rings is 1. The van der Waals surface area contributed by atoms with Gasteiger partial charge in [0.25, 0.3) is 0 Å². The van der Waals surface area contributed by atoms with E-state index in [9.17, 15) is 4.79 Å². The molecule has 1 unspecified atom stereocenters. The quantitative estimate of drug-likeness (QED) is 0.850. The third-order valence-corrected chi connectivity index (χ3v) is 3.59. The van der Waals surface area contributed by atoms with E-state index in [-0.39, 0.29) is 11.9 Å². The maximum Gasteiger partial charge on any atom is 0.242 e. The van der Waals surface area contributed by atoms with Gasteiger partial charge in [-0.25, -0.2) is 0 Å². The zero-order valence-electron chi connectivity index (χ0n) is 14.0. The van der Waals surface area contributed by atoms with Crippen LogP contribution in [0, 0.1) is 6.92 Å². The summed E-state index contributed by atoms with van der Waals surface area (Å²) in [5.41, 5.74) is 1.12. The van der Waals surface area contributed by atoms with Crippen LogP contribution >= 0.6 is 0 Å². The fraction of sp³-hybridized carbons (Fsp3) is 0.412. The summed E-state index contributed by atoms with van der Waals surface area (Å²) in [6.45, 7) is 6.91. The third-order valence-electron chi connectivity index (χ3n) is 3.59. The lowest BCUT2D eigenvalue weighted by atomic mass is 10.2. The first-order chi connectivity index (χ1) is 11.0. The van der Waals surface area contributed by atoms with Gasteiger partial charge in [-0.05, 0) is 45.5 Å². The van der Waals surface area contributed by atoms with Gasteiger partial charge in [0.2, 0.25) is 5.91 Å². The van der Waals surface area contributed by atoms with E-state index in [4.69, 9.17) is 9.26 Å². The molecule has 0 aliphatic heterocycles. The number of carbonyl (C=O) groups is 1. The van der Waals surface area contributed by atoms with E-state index in [0.29, 0.717) is 24.7 Å². The molecule has 2 rings (SSSR count). The highest BCUT2D eigenvalue weighted by Crippen LogP contribution is 2.15. The largest absolute Gasteiger partial charge is 0.494 e. The minimum atomic E-state index is -0.293. The number of rotatable bonds is 7. The number of carbonyl (C=O) groups excluding carboxylic acids is 1. The number of hydrogen-bond acceptors (Lipinski definition) is 5. The first kappa shape index (κ1) is 17.0. The molecule has 124 valence electrons. The molecule has 0 aliphatic carbocycles. The second kappa shape index (κ2) is 7.78. The van der Waals surface area contributed by atoms with Crippen LogP contribution in [0.5, 0.6) is 5.75 Å². The monoisotopic (exact) mass is 317 g/mol. The van der Waals surface area contributed by atoms with Crippen LogP contribution in [0.15, 0.2) is 34.9 Å². The van der Waals surface area contributed by atoms with E-state index < -0.39 is 0 Å². The van der Waals surface area contributed by atoms with E-state index >= 15 is 0 Å². The number of aromatic nitrogens is 1. The Balaban J connectivity index is 1.90. The molecule has 0 aliphatic rings. The Hall–Kier alpha value is -2.34. The first-order valence-corrected chi connectivity index (χ1v) is 7.65. The molecule has 23 heavy (non-hydrogen) atoms. The number of amides is 1. The lowest BCUT2D eigenvalue weighted by Crippen LogP contribution is -2.39. The molecule has 6 nitrogen and oxygen atoms in total. The lowest BCUT2D eigenvalue weighted by Gasteiger charge is -2.23. The van der Waals surface area contributed by atoms with E-state index in [1.807, 2.05) is 50.1 Å². The van der Waals surface area contributed by atoms with Crippen LogP contribution in [0.3, 0.4) is 0 Å². The van der Waals surface area contributed by atoms with Gasteiger partial charge in [-0.15, -0.1) is 0 Å². The molecule has 6 heteroatoms. The van der Waals surface area contributed by atoms with Gasteiger partial charge in [-0.3, -0.25) is 9.69 Å². The fourth-order valence-electron chi connectivity index (χ4n) is 2.14. The van der Waals surface area contributed by atoms with Crippen LogP contribution in [0.25, 0.3) is 0 Å². The Morgan fingerprint density at radius 1 is 1.39 bits per heavy atom. The van der Waals surface area contributed by atoms with E-state index in [0.717, 1.165) is 11.3 Å². The highest BCUT2D eigenvalue weighted by atomic mass is 16.5. The minimum Gasteiger partial charge on any atom is -0.494 e. The number of nitrogens with zero attached hydrogens (tertiary/aromatic N) is 2. The molecular formula is C17H23N3O3. The Morgan fingerprint density at radius 2 is 2.09 bits per heavy atom. The summed E-state index contributed by atoms with van der Waals surface area (Å²) in [4.78, 5) is 14.2. The van der Waals surface area contributed by atoms with Gasteiger partial charge < -0.3 is 14.6 Å². The number of hydrogen-bond donors (Lipinski definition) is 1. The number of anilines is 1.